The van der Waals surface area contributed by atoms with Gasteiger partial charge in [-0.3, -0.25) is 4.68 Å². The van der Waals surface area contributed by atoms with E-state index in [-0.39, 0.29) is 0 Å². The van der Waals surface area contributed by atoms with Crippen molar-refractivity contribution in [2.45, 2.75) is 19.6 Å². The zero-order chi connectivity index (χ0) is 15.4. The number of rotatable bonds is 6. The first-order chi connectivity index (χ1) is 10.0. The molecule has 21 heavy (non-hydrogen) atoms. The number of nitrogens with zero attached hydrogens (tertiary/aromatic N) is 2. The monoisotopic (exact) mass is 309 g/mol. The molecule has 0 aliphatic heterocycles. The third kappa shape index (κ3) is 3.56. The average molecular weight is 310 g/mol. The fourth-order valence-corrected chi connectivity index (χ4v) is 2.50. The molecule has 0 bridgehead atoms. The Kier molecular flexibility index (Phi) is 5.22. The summed E-state index contributed by atoms with van der Waals surface area (Å²) in [6.45, 7) is 2.88. The van der Waals surface area contributed by atoms with Crippen LogP contribution in [0.5, 0.6) is 5.75 Å². The highest BCUT2D eigenvalue weighted by Crippen LogP contribution is 2.24. The molecule has 0 saturated carbocycles. The maximum absolute atomic E-state index is 10.3. The minimum absolute atomic E-state index is 0.408. The Hall–Kier alpha value is -1.56. The molecular weight excluding hydrogens is 290 g/mol. The standard InChI is InChI=1S/C15H20ClN3O2/c1-10-12(15(16)19(2)18-10)8-17-9-13(20)11-6-4-5-7-14(11)21-3/h4-7,13,17,20H,8-9H2,1-3H3. The van der Waals surface area contributed by atoms with Crippen LogP contribution >= 0.6 is 11.6 Å². The second kappa shape index (κ2) is 6.93. The van der Waals surface area contributed by atoms with Crippen molar-refractivity contribution in [3.05, 3.63) is 46.2 Å². The molecule has 0 fully saturated rings. The molecule has 0 aliphatic carbocycles. The third-order valence-electron chi connectivity index (χ3n) is 3.41. The van der Waals surface area contributed by atoms with Gasteiger partial charge in [0.15, 0.2) is 0 Å². The van der Waals surface area contributed by atoms with Crippen LogP contribution in [0.3, 0.4) is 0 Å². The molecule has 1 atom stereocenters. The van der Waals surface area contributed by atoms with Gasteiger partial charge in [0.25, 0.3) is 0 Å². The molecular formula is C15H20ClN3O2. The summed E-state index contributed by atoms with van der Waals surface area (Å²) in [5, 5.41) is 18.3. The average Bonchev–Trinajstić information content (AvgIpc) is 2.73. The number of hydrogen-bond donors (Lipinski definition) is 2. The highest BCUT2D eigenvalue weighted by molar-refractivity contribution is 6.30. The van der Waals surface area contributed by atoms with Gasteiger partial charge in [0, 0.05) is 31.3 Å². The molecule has 2 rings (SSSR count). The van der Waals surface area contributed by atoms with E-state index in [1.807, 2.05) is 38.2 Å². The molecule has 1 heterocycles. The lowest BCUT2D eigenvalue weighted by Crippen LogP contribution is -2.21. The van der Waals surface area contributed by atoms with Gasteiger partial charge in [-0.1, -0.05) is 29.8 Å². The zero-order valence-electron chi connectivity index (χ0n) is 12.4. The molecule has 5 nitrogen and oxygen atoms in total. The van der Waals surface area contributed by atoms with Crippen molar-refractivity contribution in [3.8, 4) is 5.75 Å². The third-order valence-corrected chi connectivity index (χ3v) is 3.88. The van der Waals surface area contributed by atoms with Crippen LogP contribution in [0.1, 0.15) is 22.9 Å². The van der Waals surface area contributed by atoms with Gasteiger partial charge >= 0.3 is 0 Å². The second-order valence-corrected chi connectivity index (χ2v) is 5.23. The Morgan fingerprint density at radius 2 is 2.14 bits per heavy atom. The number of ether oxygens (including phenoxy) is 1. The summed E-state index contributed by atoms with van der Waals surface area (Å²) in [4.78, 5) is 0. The van der Waals surface area contributed by atoms with Crippen molar-refractivity contribution in [1.82, 2.24) is 15.1 Å². The number of aromatic nitrogens is 2. The Morgan fingerprint density at radius 1 is 1.43 bits per heavy atom. The number of aliphatic hydroxyl groups excluding tert-OH is 1. The Balaban J connectivity index is 1.97. The number of aryl methyl sites for hydroxylation is 2. The number of aliphatic hydroxyl groups is 1. The molecule has 0 amide bonds. The normalized spacial score (nSPS) is 12.4. The van der Waals surface area contributed by atoms with Gasteiger partial charge in [0.2, 0.25) is 0 Å². The SMILES string of the molecule is COc1ccccc1C(O)CNCc1c(C)nn(C)c1Cl. The highest BCUT2D eigenvalue weighted by Gasteiger charge is 2.14. The number of nitrogens with one attached hydrogen (secondary N) is 1. The lowest BCUT2D eigenvalue weighted by atomic mass is 10.1. The predicted molar refractivity (Wildman–Crippen MR) is 82.6 cm³/mol. The molecule has 0 saturated heterocycles. The van der Waals surface area contributed by atoms with Crippen LogP contribution in [0.2, 0.25) is 5.15 Å². The fraction of sp³-hybridized carbons (Fsp3) is 0.400. The minimum atomic E-state index is -0.642. The summed E-state index contributed by atoms with van der Waals surface area (Å²) in [6, 6.07) is 7.44. The summed E-state index contributed by atoms with van der Waals surface area (Å²) >= 11 is 6.17. The fourth-order valence-electron chi connectivity index (χ4n) is 2.26. The zero-order valence-corrected chi connectivity index (χ0v) is 13.2. The second-order valence-electron chi connectivity index (χ2n) is 4.87. The molecule has 114 valence electrons. The smallest absolute Gasteiger partial charge is 0.131 e. The minimum Gasteiger partial charge on any atom is -0.496 e. The van der Waals surface area contributed by atoms with Crippen molar-refractivity contribution < 1.29 is 9.84 Å². The van der Waals surface area contributed by atoms with Crippen molar-refractivity contribution in [1.29, 1.82) is 0 Å². The molecule has 0 spiro atoms. The molecule has 0 radical (unpaired) electrons. The van der Waals surface area contributed by atoms with Gasteiger partial charge < -0.3 is 15.2 Å². The number of hydrogen-bond acceptors (Lipinski definition) is 4. The molecule has 0 aliphatic rings. The molecule has 2 N–H and O–H groups in total. The molecule has 1 unspecified atom stereocenters. The number of methoxy groups -OCH3 is 1. The van der Waals surface area contributed by atoms with Gasteiger partial charge in [0.05, 0.1) is 18.9 Å². The molecule has 1 aromatic heterocycles. The first-order valence-corrected chi connectivity index (χ1v) is 7.12. The van der Waals surface area contributed by atoms with Crippen LogP contribution in [0.15, 0.2) is 24.3 Å². The van der Waals surface area contributed by atoms with Crippen molar-refractivity contribution >= 4 is 11.6 Å². The van der Waals surface area contributed by atoms with E-state index in [1.54, 1.807) is 11.8 Å². The lowest BCUT2D eigenvalue weighted by molar-refractivity contribution is 0.170. The Bertz CT molecular complexity index is 613. The van der Waals surface area contributed by atoms with Crippen LogP contribution in [-0.2, 0) is 13.6 Å². The van der Waals surface area contributed by atoms with E-state index >= 15 is 0 Å². The van der Waals surface area contributed by atoms with Gasteiger partial charge in [-0.2, -0.15) is 5.10 Å². The van der Waals surface area contributed by atoms with Crippen LogP contribution in [0, 0.1) is 6.92 Å². The molecule has 6 heteroatoms. The van der Waals surface area contributed by atoms with E-state index in [0.29, 0.717) is 24.0 Å². The Morgan fingerprint density at radius 3 is 2.76 bits per heavy atom. The van der Waals surface area contributed by atoms with Crippen LogP contribution < -0.4 is 10.1 Å². The summed E-state index contributed by atoms with van der Waals surface area (Å²) < 4.78 is 6.89. The number of para-hydroxylation sites is 1. The quantitative estimate of drug-likeness (QED) is 0.859. The first-order valence-electron chi connectivity index (χ1n) is 6.74. The van der Waals surface area contributed by atoms with E-state index < -0.39 is 6.10 Å². The van der Waals surface area contributed by atoms with E-state index in [4.69, 9.17) is 16.3 Å². The van der Waals surface area contributed by atoms with Gasteiger partial charge in [0.1, 0.15) is 10.9 Å². The summed E-state index contributed by atoms with van der Waals surface area (Å²) in [6.07, 6.45) is -0.642. The van der Waals surface area contributed by atoms with E-state index in [1.165, 1.54) is 0 Å². The number of halogens is 1. The van der Waals surface area contributed by atoms with Gasteiger partial charge in [-0.15, -0.1) is 0 Å². The van der Waals surface area contributed by atoms with Crippen molar-refractivity contribution in [2.24, 2.45) is 7.05 Å². The van der Waals surface area contributed by atoms with Crippen LogP contribution in [0.25, 0.3) is 0 Å². The summed E-state index contributed by atoms with van der Waals surface area (Å²) in [7, 11) is 3.40. The number of benzene rings is 1. The van der Waals surface area contributed by atoms with Crippen LogP contribution in [-0.4, -0.2) is 28.5 Å². The highest BCUT2D eigenvalue weighted by atomic mass is 35.5. The topological polar surface area (TPSA) is 59.3 Å². The summed E-state index contributed by atoms with van der Waals surface area (Å²) in [5.41, 5.74) is 2.61. The van der Waals surface area contributed by atoms with Gasteiger partial charge in [-0.05, 0) is 13.0 Å². The maximum Gasteiger partial charge on any atom is 0.131 e. The van der Waals surface area contributed by atoms with Crippen molar-refractivity contribution in [3.63, 3.8) is 0 Å². The predicted octanol–water partition coefficient (Wildman–Crippen LogP) is 2.21. The summed E-state index contributed by atoms with van der Waals surface area (Å²) in [5.74, 6) is 0.683. The van der Waals surface area contributed by atoms with E-state index in [9.17, 15) is 5.11 Å². The first kappa shape index (κ1) is 15.8. The lowest BCUT2D eigenvalue weighted by Gasteiger charge is -2.15. The van der Waals surface area contributed by atoms with E-state index in [2.05, 4.69) is 10.4 Å². The molecule has 1 aromatic carbocycles. The maximum atomic E-state index is 10.3. The Labute approximate surface area is 129 Å². The van der Waals surface area contributed by atoms with E-state index in [0.717, 1.165) is 16.8 Å². The van der Waals surface area contributed by atoms with Crippen molar-refractivity contribution in [2.75, 3.05) is 13.7 Å². The van der Waals surface area contributed by atoms with Crippen LogP contribution in [0.4, 0.5) is 0 Å². The van der Waals surface area contributed by atoms with Gasteiger partial charge in [-0.25, -0.2) is 0 Å². The largest absolute Gasteiger partial charge is 0.496 e. The molecule has 2 aromatic rings.